The smallest absolute Gasteiger partial charge is 0.328 e. The fraction of sp³-hybridized carbons (Fsp3) is 0.438. The summed E-state index contributed by atoms with van der Waals surface area (Å²) in [6, 6.07) is 5.67. The number of hydrogen-bond acceptors (Lipinski definition) is 4. The standard InChI is InChI=1S/C16H19NO3/c1-3-20-16(18)15-12-6-4-5-11(12)13-9-10(19-2)7-8-14(13)17-15/h4-5,7-9,11-12,15,17H,3,6H2,1-2H3. The summed E-state index contributed by atoms with van der Waals surface area (Å²) in [5, 5.41) is 3.33. The van der Waals surface area contributed by atoms with Crippen molar-refractivity contribution in [3.63, 3.8) is 0 Å². The van der Waals surface area contributed by atoms with Gasteiger partial charge in [0.15, 0.2) is 0 Å². The van der Waals surface area contributed by atoms with Crippen LogP contribution in [0, 0.1) is 5.92 Å². The molecule has 0 amide bonds. The highest BCUT2D eigenvalue weighted by molar-refractivity contribution is 5.82. The number of nitrogens with one attached hydrogen (secondary N) is 1. The lowest BCUT2D eigenvalue weighted by molar-refractivity contribution is -0.145. The Hall–Kier alpha value is -1.97. The van der Waals surface area contributed by atoms with Crippen LogP contribution in [0.15, 0.2) is 30.4 Å². The third-order valence-corrected chi connectivity index (χ3v) is 4.11. The molecule has 1 aromatic carbocycles. The minimum absolute atomic E-state index is 0.160. The lowest BCUT2D eigenvalue weighted by Crippen LogP contribution is -2.42. The van der Waals surface area contributed by atoms with Crippen molar-refractivity contribution >= 4 is 11.7 Å². The zero-order valence-corrected chi connectivity index (χ0v) is 11.8. The summed E-state index contributed by atoms with van der Waals surface area (Å²) in [4.78, 5) is 12.1. The first-order valence-electron chi connectivity index (χ1n) is 7.02. The van der Waals surface area contributed by atoms with Crippen LogP contribution in [-0.2, 0) is 9.53 Å². The normalized spacial score (nSPS) is 26.4. The molecule has 0 saturated carbocycles. The van der Waals surface area contributed by atoms with Crippen LogP contribution in [0.25, 0.3) is 0 Å². The molecule has 20 heavy (non-hydrogen) atoms. The van der Waals surface area contributed by atoms with Crippen molar-refractivity contribution in [2.45, 2.75) is 25.3 Å². The number of allylic oxidation sites excluding steroid dienone is 2. The van der Waals surface area contributed by atoms with Crippen molar-refractivity contribution in [2.75, 3.05) is 19.0 Å². The van der Waals surface area contributed by atoms with Crippen LogP contribution < -0.4 is 10.1 Å². The van der Waals surface area contributed by atoms with Crippen molar-refractivity contribution in [1.29, 1.82) is 0 Å². The molecule has 0 spiro atoms. The van der Waals surface area contributed by atoms with Gasteiger partial charge in [-0.3, -0.25) is 0 Å². The molecule has 3 atom stereocenters. The number of hydrogen-bond donors (Lipinski definition) is 1. The van der Waals surface area contributed by atoms with Gasteiger partial charge in [0, 0.05) is 17.5 Å². The maximum Gasteiger partial charge on any atom is 0.328 e. The van der Waals surface area contributed by atoms with Crippen LogP contribution in [0.4, 0.5) is 5.69 Å². The van der Waals surface area contributed by atoms with E-state index in [0.29, 0.717) is 6.61 Å². The van der Waals surface area contributed by atoms with Crippen LogP contribution in [0.2, 0.25) is 0 Å². The Labute approximate surface area is 118 Å². The number of fused-ring (bicyclic) bond motifs is 3. The van der Waals surface area contributed by atoms with E-state index >= 15 is 0 Å². The van der Waals surface area contributed by atoms with Gasteiger partial charge in [-0.15, -0.1) is 0 Å². The van der Waals surface area contributed by atoms with Gasteiger partial charge < -0.3 is 14.8 Å². The molecular weight excluding hydrogens is 254 g/mol. The van der Waals surface area contributed by atoms with Gasteiger partial charge in [-0.2, -0.15) is 0 Å². The van der Waals surface area contributed by atoms with E-state index in [1.54, 1.807) is 7.11 Å². The first kappa shape index (κ1) is 13.0. The Balaban J connectivity index is 1.96. The molecule has 4 nitrogen and oxygen atoms in total. The molecule has 0 aromatic heterocycles. The van der Waals surface area contributed by atoms with Gasteiger partial charge >= 0.3 is 5.97 Å². The summed E-state index contributed by atoms with van der Waals surface area (Å²) in [7, 11) is 1.67. The topological polar surface area (TPSA) is 47.6 Å². The molecule has 1 heterocycles. The van der Waals surface area contributed by atoms with Crippen LogP contribution in [0.5, 0.6) is 5.75 Å². The monoisotopic (exact) mass is 273 g/mol. The molecule has 0 fully saturated rings. The second-order valence-electron chi connectivity index (χ2n) is 5.18. The number of methoxy groups -OCH3 is 1. The van der Waals surface area contributed by atoms with E-state index in [0.717, 1.165) is 17.9 Å². The van der Waals surface area contributed by atoms with Gasteiger partial charge in [-0.05, 0) is 37.1 Å². The number of rotatable bonds is 3. The Morgan fingerprint density at radius 1 is 1.45 bits per heavy atom. The van der Waals surface area contributed by atoms with Crippen molar-refractivity contribution in [3.8, 4) is 5.75 Å². The number of esters is 1. The van der Waals surface area contributed by atoms with Gasteiger partial charge in [0.05, 0.1) is 13.7 Å². The van der Waals surface area contributed by atoms with Gasteiger partial charge in [0.25, 0.3) is 0 Å². The molecule has 1 aromatic rings. The van der Waals surface area contributed by atoms with Crippen molar-refractivity contribution in [3.05, 3.63) is 35.9 Å². The second-order valence-corrected chi connectivity index (χ2v) is 5.18. The first-order chi connectivity index (χ1) is 9.74. The third-order valence-electron chi connectivity index (χ3n) is 4.11. The summed E-state index contributed by atoms with van der Waals surface area (Å²) < 4.78 is 10.5. The van der Waals surface area contributed by atoms with Crippen LogP contribution in [0.1, 0.15) is 24.8 Å². The van der Waals surface area contributed by atoms with Gasteiger partial charge in [-0.25, -0.2) is 4.79 Å². The second kappa shape index (κ2) is 5.19. The molecule has 2 aliphatic rings. The molecule has 1 aliphatic heterocycles. The molecule has 0 saturated heterocycles. The van der Waals surface area contributed by atoms with Gasteiger partial charge in [-0.1, -0.05) is 12.2 Å². The summed E-state index contributed by atoms with van der Waals surface area (Å²) in [6.45, 7) is 2.25. The van der Waals surface area contributed by atoms with Crippen LogP contribution in [0.3, 0.4) is 0 Å². The Kier molecular flexibility index (Phi) is 3.38. The predicted molar refractivity (Wildman–Crippen MR) is 77.0 cm³/mol. The third kappa shape index (κ3) is 2.05. The lowest BCUT2D eigenvalue weighted by Gasteiger charge is -2.35. The van der Waals surface area contributed by atoms with Crippen LogP contribution >= 0.6 is 0 Å². The average Bonchev–Trinajstić information content (AvgIpc) is 2.95. The summed E-state index contributed by atoms with van der Waals surface area (Å²) >= 11 is 0. The van der Waals surface area contributed by atoms with Crippen molar-refractivity contribution < 1.29 is 14.3 Å². The van der Waals surface area contributed by atoms with E-state index in [4.69, 9.17) is 9.47 Å². The molecule has 3 unspecified atom stereocenters. The van der Waals surface area contributed by atoms with E-state index in [9.17, 15) is 4.79 Å². The molecule has 106 valence electrons. The SMILES string of the molecule is CCOC(=O)C1Nc2ccc(OC)cc2C2C=CCC12. The maximum atomic E-state index is 12.1. The zero-order chi connectivity index (χ0) is 14.1. The Morgan fingerprint density at radius 3 is 3.05 bits per heavy atom. The number of ether oxygens (including phenoxy) is 2. The minimum atomic E-state index is -0.268. The highest BCUT2D eigenvalue weighted by atomic mass is 16.5. The Morgan fingerprint density at radius 2 is 2.30 bits per heavy atom. The number of carbonyl (C=O) groups is 1. The van der Waals surface area contributed by atoms with E-state index < -0.39 is 0 Å². The van der Waals surface area contributed by atoms with Gasteiger partial charge in [0.2, 0.25) is 0 Å². The molecule has 1 aliphatic carbocycles. The molecule has 0 radical (unpaired) electrons. The predicted octanol–water partition coefficient (Wildman–Crippen LogP) is 2.71. The van der Waals surface area contributed by atoms with E-state index in [1.807, 2.05) is 19.1 Å². The molecule has 1 N–H and O–H groups in total. The minimum Gasteiger partial charge on any atom is -0.497 e. The van der Waals surface area contributed by atoms with Gasteiger partial charge in [0.1, 0.15) is 11.8 Å². The van der Waals surface area contributed by atoms with Crippen LogP contribution in [-0.4, -0.2) is 25.7 Å². The Bertz CT molecular complexity index is 553. The highest BCUT2D eigenvalue weighted by Gasteiger charge is 2.41. The fourth-order valence-electron chi connectivity index (χ4n) is 3.16. The molecular formula is C16H19NO3. The number of benzene rings is 1. The number of anilines is 1. The fourth-order valence-corrected chi connectivity index (χ4v) is 3.16. The largest absolute Gasteiger partial charge is 0.497 e. The molecule has 3 rings (SSSR count). The van der Waals surface area contributed by atoms with E-state index in [1.165, 1.54) is 5.56 Å². The van der Waals surface area contributed by atoms with E-state index in [2.05, 4.69) is 23.5 Å². The highest BCUT2D eigenvalue weighted by Crippen LogP contribution is 2.45. The summed E-state index contributed by atoms with van der Waals surface area (Å²) in [5.74, 6) is 1.18. The van der Waals surface area contributed by atoms with Crippen molar-refractivity contribution in [2.24, 2.45) is 5.92 Å². The molecule has 0 bridgehead atoms. The maximum absolute atomic E-state index is 12.1. The first-order valence-corrected chi connectivity index (χ1v) is 7.02. The quantitative estimate of drug-likeness (QED) is 0.679. The molecule has 4 heteroatoms. The number of carbonyl (C=O) groups excluding carboxylic acids is 1. The van der Waals surface area contributed by atoms with Crippen molar-refractivity contribution in [1.82, 2.24) is 0 Å². The van der Waals surface area contributed by atoms with E-state index in [-0.39, 0.29) is 23.8 Å². The zero-order valence-electron chi connectivity index (χ0n) is 11.8. The average molecular weight is 273 g/mol. The summed E-state index contributed by atoms with van der Waals surface area (Å²) in [6.07, 6.45) is 5.24. The lowest BCUT2D eigenvalue weighted by atomic mass is 9.79. The summed E-state index contributed by atoms with van der Waals surface area (Å²) in [5.41, 5.74) is 2.19.